The van der Waals surface area contributed by atoms with E-state index in [0.717, 1.165) is 59.9 Å². The lowest BCUT2D eigenvalue weighted by Gasteiger charge is -2.10. The van der Waals surface area contributed by atoms with Crippen LogP contribution in [0.5, 0.6) is 5.75 Å². The number of pyridine rings is 1. The summed E-state index contributed by atoms with van der Waals surface area (Å²) in [6, 6.07) is 10.3. The summed E-state index contributed by atoms with van der Waals surface area (Å²) in [5, 5.41) is 17.7. The van der Waals surface area contributed by atoms with E-state index in [1.807, 2.05) is 12.1 Å². The first-order chi connectivity index (χ1) is 14.8. The van der Waals surface area contributed by atoms with Gasteiger partial charge in [0.15, 0.2) is 5.65 Å². The number of nitrogens with one attached hydrogen (secondary N) is 1. The average Bonchev–Trinajstić information content (AvgIpc) is 3.42. The number of benzene rings is 1. The van der Waals surface area contributed by atoms with E-state index in [0.29, 0.717) is 6.54 Å². The Kier molecular flexibility index (Phi) is 4.98. The number of aliphatic hydroxyl groups is 1. The molecule has 0 radical (unpaired) electrons. The minimum Gasteiger partial charge on any atom is -0.493 e. The van der Waals surface area contributed by atoms with Crippen LogP contribution in [0, 0.1) is 0 Å². The Balaban J connectivity index is 1.30. The molecule has 0 fully saturated rings. The van der Waals surface area contributed by atoms with Gasteiger partial charge in [0.25, 0.3) is 0 Å². The third-order valence-corrected chi connectivity index (χ3v) is 5.25. The van der Waals surface area contributed by atoms with Gasteiger partial charge in [-0.15, -0.1) is 0 Å². The van der Waals surface area contributed by atoms with Crippen molar-refractivity contribution in [1.29, 1.82) is 0 Å². The normalized spacial score (nSPS) is 12.7. The molecule has 0 saturated carbocycles. The molecule has 8 nitrogen and oxygen atoms in total. The number of fused-ring (bicyclic) bond motifs is 2. The molecular weight excluding hydrogens is 380 g/mol. The summed E-state index contributed by atoms with van der Waals surface area (Å²) < 4.78 is 7.47. The van der Waals surface area contributed by atoms with Gasteiger partial charge in [0, 0.05) is 36.2 Å². The van der Waals surface area contributed by atoms with Crippen molar-refractivity contribution in [3.05, 3.63) is 60.2 Å². The van der Waals surface area contributed by atoms with Crippen LogP contribution >= 0.6 is 0 Å². The Labute approximate surface area is 173 Å². The molecule has 3 aromatic heterocycles. The molecule has 8 heteroatoms. The maximum absolute atomic E-state index is 9.13. The number of nitrogens with zero attached hydrogens (tertiary/aromatic N) is 5. The molecule has 0 unspecified atom stereocenters. The van der Waals surface area contributed by atoms with Gasteiger partial charge in [0.1, 0.15) is 17.9 Å². The largest absolute Gasteiger partial charge is 0.493 e. The summed E-state index contributed by atoms with van der Waals surface area (Å²) in [5.74, 6) is 1.81. The summed E-state index contributed by atoms with van der Waals surface area (Å²) >= 11 is 0. The number of hydrogen-bond donors (Lipinski definition) is 2. The highest BCUT2D eigenvalue weighted by Crippen LogP contribution is 2.29. The van der Waals surface area contributed by atoms with Crippen molar-refractivity contribution in [2.24, 2.45) is 0 Å². The van der Waals surface area contributed by atoms with Gasteiger partial charge in [-0.1, -0.05) is 18.2 Å². The fourth-order valence-corrected chi connectivity index (χ4v) is 3.79. The van der Waals surface area contributed by atoms with Crippen molar-refractivity contribution in [1.82, 2.24) is 24.7 Å². The van der Waals surface area contributed by atoms with Gasteiger partial charge in [-0.2, -0.15) is 5.10 Å². The molecule has 4 heterocycles. The molecule has 4 aromatic rings. The zero-order chi connectivity index (χ0) is 20.3. The SMILES string of the molecule is OCCn1ncc2cc(-c3cc(NCCc4cccc5c4OCC5)ncn3)cnc21. The van der Waals surface area contributed by atoms with Crippen molar-refractivity contribution >= 4 is 16.9 Å². The standard InChI is InChI=1S/C22H22N6O2/c29-8-7-28-22-18(13-27-28)10-17(12-24-22)19-11-20(26-14-25-19)23-6-4-15-2-1-3-16-5-9-30-21(15)16/h1-3,10-14,29H,4-9H2,(H,23,25,26). The predicted molar refractivity (Wildman–Crippen MR) is 113 cm³/mol. The monoisotopic (exact) mass is 402 g/mol. The van der Waals surface area contributed by atoms with Gasteiger partial charge in [0.05, 0.1) is 31.6 Å². The Bertz CT molecular complexity index is 1190. The number of aliphatic hydroxyl groups excluding tert-OH is 1. The van der Waals surface area contributed by atoms with Crippen molar-refractivity contribution in [3.8, 4) is 17.0 Å². The zero-order valence-electron chi connectivity index (χ0n) is 16.5. The highest BCUT2D eigenvalue weighted by Gasteiger charge is 2.15. The number of anilines is 1. The molecule has 0 spiro atoms. The lowest BCUT2D eigenvalue weighted by molar-refractivity contribution is 0.271. The first-order valence-corrected chi connectivity index (χ1v) is 10.0. The van der Waals surface area contributed by atoms with E-state index in [4.69, 9.17) is 9.84 Å². The summed E-state index contributed by atoms with van der Waals surface area (Å²) in [7, 11) is 0. The van der Waals surface area contributed by atoms with E-state index in [2.05, 4.69) is 43.6 Å². The van der Waals surface area contributed by atoms with Crippen molar-refractivity contribution in [2.75, 3.05) is 25.1 Å². The quantitative estimate of drug-likeness (QED) is 0.490. The maximum atomic E-state index is 9.13. The Morgan fingerprint density at radius 1 is 1.13 bits per heavy atom. The van der Waals surface area contributed by atoms with E-state index in [-0.39, 0.29) is 6.61 Å². The Morgan fingerprint density at radius 3 is 3.03 bits per heavy atom. The van der Waals surface area contributed by atoms with Gasteiger partial charge in [-0.05, 0) is 23.6 Å². The third kappa shape index (κ3) is 3.57. The van der Waals surface area contributed by atoms with Crippen LogP contribution < -0.4 is 10.1 Å². The third-order valence-electron chi connectivity index (χ3n) is 5.25. The van der Waals surface area contributed by atoms with Crippen molar-refractivity contribution < 1.29 is 9.84 Å². The molecule has 30 heavy (non-hydrogen) atoms. The van der Waals surface area contributed by atoms with Crippen LogP contribution in [0.2, 0.25) is 0 Å². The van der Waals surface area contributed by atoms with Crippen LogP contribution in [-0.2, 0) is 19.4 Å². The molecule has 5 rings (SSSR count). The van der Waals surface area contributed by atoms with E-state index in [1.165, 1.54) is 11.1 Å². The summed E-state index contributed by atoms with van der Waals surface area (Å²) in [6.45, 7) is 1.97. The topological polar surface area (TPSA) is 98.0 Å². The minimum atomic E-state index is 0.0268. The predicted octanol–water partition coefficient (Wildman–Crippen LogP) is 2.47. The molecular formula is C22H22N6O2. The number of hydrogen-bond acceptors (Lipinski definition) is 7. The summed E-state index contributed by atoms with van der Waals surface area (Å²) in [4.78, 5) is 13.2. The van der Waals surface area contributed by atoms with Crippen LogP contribution in [0.3, 0.4) is 0 Å². The number of ether oxygens (including phenoxy) is 1. The van der Waals surface area contributed by atoms with E-state index < -0.39 is 0 Å². The molecule has 0 saturated heterocycles. The van der Waals surface area contributed by atoms with Gasteiger partial charge in [-0.3, -0.25) is 0 Å². The van der Waals surface area contributed by atoms with Gasteiger partial charge < -0.3 is 15.2 Å². The number of rotatable bonds is 7. The molecule has 0 aliphatic carbocycles. The molecule has 0 bridgehead atoms. The first kappa shape index (κ1) is 18.5. The van der Waals surface area contributed by atoms with Crippen LogP contribution in [0.25, 0.3) is 22.3 Å². The maximum Gasteiger partial charge on any atom is 0.157 e. The zero-order valence-corrected chi connectivity index (χ0v) is 16.5. The number of para-hydroxylation sites is 1. The van der Waals surface area contributed by atoms with Crippen LogP contribution in [0.15, 0.2) is 49.1 Å². The second-order valence-corrected chi connectivity index (χ2v) is 7.20. The molecule has 0 atom stereocenters. The summed E-state index contributed by atoms with van der Waals surface area (Å²) in [6.07, 6.45) is 6.93. The van der Waals surface area contributed by atoms with Crippen molar-refractivity contribution in [2.45, 2.75) is 19.4 Å². The minimum absolute atomic E-state index is 0.0268. The summed E-state index contributed by atoms with van der Waals surface area (Å²) in [5.41, 5.74) is 4.95. The van der Waals surface area contributed by atoms with E-state index in [1.54, 1.807) is 23.4 Å². The molecule has 1 aliphatic rings. The van der Waals surface area contributed by atoms with Gasteiger partial charge in [0.2, 0.25) is 0 Å². The fourth-order valence-electron chi connectivity index (χ4n) is 3.79. The fraction of sp³-hybridized carbons (Fsp3) is 0.273. The van der Waals surface area contributed by atoms with Crippen LogP contribution in [0.1, 0.15) is 11.1 Å². The van der Waals surface area contributed by atoms with Crippen molar-refractivity contribution in [3.63, 3.8) is 0 Å². The average molecular weight is 402 g/mol. The van der Waals surface area contributed by atoms with Gasteiger partial charge in [-0.25, -0.2) is 19.6 Å². The van der Waals surface area contributed by atoms with E-state index in [9.17, 15) is 0 Å². The van der Waals surface area contributed by atoms with E-state index >= 15 is 0 Å². The Hall–Kier alpha value is -3.52. The second kappa shape index (κ2) is 8.08. The number of aromatic nitrogens is 5. The lowest BCUT2D eigenvalue weighted by Crippen LogP contribution is -2.07. The van der Waals surface area contributed by atoms with Crippen LogP contribution in [-0.4, -0.2) is 49.6 Å². The second-order valence-electron chi connectivity index (χ2n) is 7.20. The molecule has 2 N–H and O–H groups in total. The van der Waals surface area contributed by atoms with Crippen LogP contribution in [0.4, 0.5) is 5.82 Å². The highest BCUT2D eigenvalue weighted by atomic mass is 16.5. The lowest BCUT2D eigenvalue weighted by atomic mass is 10.1. The van der Waals surface area contributed by atoms with Gasteiger partial charge >= 0.3 is 0 Å². The molecule has 1 aliphatic heterocycles. The highest BCUT2D eigenvalue weighted by molar-refractivity contribution is 5.80. The smallest absolute Gasteiger partial charge is 0.157 e. The molecule has 152 valence electrons. The molecule has 1 aromatic carbocycles. The molecule has 0 amide bonds. The Morgan fingerprint density at radius 2 is 2.10 bits per heavy atom. The first-order valence-electron chi connectivity index (χ1n) is 10.0.